The van der Waals surface area contributed by atoms with Gasteiger partial charge in [-0.2, -0.15) is 0 Å². The van der Waals surface area contributed by atoms with Gasteiger partial charge in [0.05, 0.1) is 0 Å². The van der Waals surface area contributed by atoms with Gasteiger partial charge in [0.2, 0.25) is 0 Å². The zero-order chi connectivity index (χ0) is 7.61. The van der Waals surface area contributed by atoms with Crippen molar-refractivity contribution in [2.24, 2.45) is 5.73 Å². The maximum Gasteiger partial charge on any atom is 0.115 e. The van der Waals surface area contributed by atoms with E-state index in [0.29, 0.717) is 0 Å². The highest BCUT2D eigenvalue weighted by atomic mass is 19.1. The molecule has 1 nitrogen and oxygen atoms in total. The standard InChI is InChI=1S/C8H16FN/c1-7(9)8(10)5-3-2-4-6-8/h7H,2-6,10H2,1H3. The molecule has 1 aliphatic carbocycles. The van der Waals surface area contributed by atoms with Crippen molar-refractivity contribution in [2.45, 2.75) is 50.7 Å². The smallest absolute Gasteiger partial charge is 0.115 e. The van der Waals surface area contributed by atoms with Crippen LogP contribution in [0.25, 0.3) is 0 Å². The Balaban J connectivity index is 2.48. The van der Waals surface area contributed by atoms with E-state index >= 15 is 0 Å². The number of nitrogens with two attached hydrogens (primary N) is 1. The Morgan fingerprint density at radius 1 is 1.30 bits per heavy atom. The fourth-order valence-electron chi connectivity index (χ4n) is 1.61. The Labute approximate surface area is 61.8 Å². The molecule has 0 heterocycles. The predicted octanol–water partition coefficient (Wildman–Crippen LogP) is 2.01. The first kappa shape index (κ1) is 7.99. The van der Waals surface area contributed by atoms with Gasteiger partial charge in [-0.25, -0.2) is 4.39 Å². The first-order valence-electron chi connectivity index (χ1n) is 4.08. The third kappa shape index (κ3) is 1.48. The SMILES string of the molecule is CC(F)C1(N)CCCCC1. The average Bonchev–Trinajstić information content (AvgIpc) is 1.89. The topological polar surface area (TPSA) is 26.0 Å². The van der Waals surface area contributed by atoms with Gasteiger partial charge >= 0.3 is 0 Å². The summed E-state index contributed by atoms with van der Waals surface area (Å²) < 4.78 is 12.8. The van der Waals surface area contributed by atoms with Gasteiger partial charge in [0.25, 0.3) is 0 Å². The van der Waals surface area contributed by atoms with Gasteiger partial charge in [-0.3, -0.25) is 0 Å². The molecule has 1 unspecified atom stereocenters. The molecule has 0 saturated heterocycles. The minimum absolute atomic E-state index is 0.488. The summed E-state index contributed by atoms with van der Waals surface area (Å²) in [6.45, 7) is 1.57. The van der Waals surface area contributed by atoms with E-state index in [0.717, 1.165) is 25.7 Å². The molecule has 0 bridgehead atoms. The van der Waals surface area contributed by atoms with Crippen molar-refractivity contribution >= 4 is 0 Å². The summed E-state index contributed by atoms with van der Waals surface area (Å²) in [5.41, 5.74) is 5.34. The van der Waals surface area contributed by atoms with Crippen LogP contribution < -0.4 is 5.73 Å². The molecule has 10 heavy (non-hydrogen) atoms. The zero-order valence-corrected chi connectivity index (χ0v) is 6.57. The summed E-state index contributed by atoms with van der Waals surface area (Å²) in [6, 6.07) is 0. The molecule has 1 rings (SSSR count). The summed E-state index contributed by atoms with van der Waals surface area (Å²) in [7, 11) is 0. The van der Waals surface area contributed by atoms with Crippen LogP contribution >= 0.6 is 0 Å². The fourth-order valence-corrected chi connectivity index (χ4v) is 1.61. The van der Waals surface area contributed by atoms with Gasteiger partial charge in [0, 0.05) is 5.54 Å². The summed E-state index contributed by atoms with van der Waals surface area (Å²) >= 11 is 0. The summed E-state index contributed by atoms with van der Waals surface area (Å²) in [4.78, 5) is 0. The Kier molecular flexibility index (Phi) is 2.29. The van der Waals surface area contributed by atoms with Gasteiger partial charge < -0.3 is 5.73 Å². The van der Waals surface area contributed by atoms with Crippen molar-refractivity contribution in [1.29, 1.82) is 0 Å². The van der Waals surface area contributed by atoms with Crippen LogP contribution in [-0.2, 0) is 0 Å². The van der Waals surface area contributed by atoms with Crippen molar-refractivity contribution in [3.8, 4) is 0 Å². The molecule has 0 aliphatic heterocycles. The van der Waals surface area contributed by atoms with Crippen molar-refractivity contribution in [3.63, 3.8) is 0 Å². The lowest BCUT2D eigenvalue weighted by molar-refractivity contribution is 0.157. The molecule has 2 heteroatoms. The van der Waals surface area contributed by atoms with E-state index in [-0.39, 0.29) is 0 Å². The molecule has 1 fully saturated rings. The summed E-state index contributed by atoms with van der Waals surface area (Å²) in [5.74, 6) is 0. The molecule has 1 atom stereocenters. The van der Waals surface area contributed by atoms with Gasteiger partial charge in [-0.1, -0.05) is 19.3 Å². The van der Waals surface area contributed by atoms with Crippen molar-refractivity contribution in [3.05, 3.63) is 0 Å². The highest BCUT2D eigenvalue weighted by Crippen LogP contribution is 2.29. The van der Waals surface area contributed by atoms with E-state index in [1.54, 1.807) is 6.92 Å². The minimum atomic E-state index is -0.840. The third-order valence-corrected chi connectivity index (χ3v) is 2.58. The maximum absolute atomic E-state index is 12.8. The molecule has 0 amide bonds. The highest BCUT2D eigenvalue weighted by molar-refractivity contribution is 4.91. The molecule has 0 spiro atoms. The minimum Gasteiger partial charge on any atom is -0.323 e. The normalized spacial score (nSPS) is 27.9. The summed E-state index contributed by atoms with van der Waals surface area (Å²) in [6.07, 6.45) is 4.32. The number of hydrogen-bond donors (Lipinski definition) is 1. The van der Waals surface area contributed by atoms with Gasteiger partial charge in [-0.05, 0) is 19.8 Å². The number of halogens is 1. The summed E-state index contributed by atoms with van der Waals surface area (Å²) in [5, 5.41) is 0. The Morgan fingerprint density at radius 3 is 2.10 bits per heavy atom. The lowest BCUT2D eigenvalue weighted by Gasteiger charge is -2.34. The number of hydrogen-bond acceptors (Lipinski definition) is 1. The molecule has 1 saturated carbocycles. The molecule has 0 radical (unpaired) electrons. The Bertz CT molecular complexity index is 106. The Hall–Kier alpha value is -0.110. The first-order chi connectivity index (χ1) is 4.65. The van der Waals surface area contributed by atoms with Crippen LogP contribution in [0.1, 0.15) is 39.0 Å². The van der Waals surface area contributed by atoms with E-state index in [1.165, 1.54) is 6.42 Å². The fraction of sp³-hybridized carbons (Fsp3) is 1.00. The second-order valence-electron chi connectivity index (χ2n) is 3.41. The van der Waals surface area contributed by atoms with Crippen molar-refractivity contribution < 1.29 is 4.39 Å². The van der Waals surface area contributed by atoms with Crippen LogP contribution in [0, 0.1) is 0 Å². The largest absolute Gasteiger partial charge is 0.323 e. The second kappa shape index (κ2) is 2.87. The third-order valence-electron chi connectivity index (χ3n) is 2.58. The lowest BCUT2D eigenvalue weighted by Crippen LogP contribution is -2.48. The molecule has 2 N–H and O–H groups in total. The van der Waals surface area contributed by atoms with E-state index < -0.39 is 11.7 Å². The van der Waals surface area contributed by atoms with Gasteiger partial charge in [0.1, 0.15) is 6.17 Å². The monoisotopic (exact) mass is 145 g/mol. The van der Waals surface area contributed by atoms with Crippen molar-refractivity contribution in [2.75, 3.05) is 0 Å². The molecular weight excluding hydrogens is 129 g/mol. The molecule has 0 aromatic rings. The number of rotatable bonds is 1. The molecule has 60 valence electrons. The van der Waals surface area contributed by atoms with E-state index in [2.05, 4.69) is 0 Å². The van der Waals surface area contributed by atoms with Crippen LogP contribution in [0.3, 0.4) is 0 Å². The quantitative estimate of drug-likeness (QED) is 0.600. The van der Waals surface area contributed by atoms with Crippen LogP contribution in [0.4, 0.5) is 4.39 Å². The molecular formula is C8H16FN. The van der Waals surface area contributed by atoms with Gasteiger partial charge in [-0.15, -0.1) is 0 Å². The van der Waals surface area contributed by atoms with E-state index in [1.807, 2.05) is 0 Å². The Morgan fingerprint density at radius 2 is 1.80 bits per heavy atom. The van der Waals surface area contributed by atoms with Crippen molar-refractivity contribution in [1.82, 2.24) is 0 Å². The zero-order valence-electron chi connectivity index (χ0n) is 6.57. The van der Waals surface area contributed by atoms with Gasteiger partial charge in [0.15, 0.2) is 0 Å². The highest BCUT2D eigenvalue weighted by Gasteiger charge is 2.33. The van der Waals surface area contributed by atoms with Crippen LogP contribution in [0.5, 0.6) is 0 Å². The molecule has 1 aliphatic rings. The first-order valence-corrected chi connectivity index (χ1v) is 4.08. The van der Waals surface area contributed by atoms with E-state index in [4.69, 9.17) is 5.73 Å². The van der Waals surface area contributed by atoms with Crippen LogP contribution in [0.2, 0.25) is 0 Å². The van der Waals surface area contributed by atoms with Crippen LogP contribution in [-0.4, -0.2) is 11.7 Å². The maximum atomic E-state index is 12.8. The molecule has 0 aromatic heterocycles. The van der Waals surface area contributed by atoms with E-state index in [9.17, 15) is 4.39 Å². The lowest BCUT2D eigenvalue weighted by atomic mass is 9.80. The average molecular weight is 145 g/mol. The van der Waals surface area contributed by atoms with Crippen LogP contribution in [0.15, 0.2) is 0 Å². The second-order valence-corrected chi connectivity index (χ2v) is 3.41. The molecule has 0 aromatic carbocycles. The number of alkyl halides is 1. The predicted molar refractivity (Wildman–Crippen MR) is 40.6 cm³/mol.